The SMILES string of the molecule is CCC(Sc1cccc(NC(=O)/C(=C\c2ccc(O)cc2OC)NC(=O)c2ccccc2)c1)C(=O)Nc1ccc(I)cc1. The number of halogens is 1. The molecule has 4 aromatic carbocycles. The largest absolute Gasteiger partial charge is 0.508 e. The van der Waals surface area contributed by atoms with Crippen molar-refractivity contribution in [1.82, 2.24) is 5.32 Å². The molecular formula is C33H30IN3O5S. The molecule has 4 aromatic rings. The number of carbonyl (C=O) groups excluding carboxylic acids is 3. The fraction of sp³-hybridized carbons (Fsp3) is 0.121. The molecule has 10 heteroatoms. The zero-order chi connectivity index (χ0) is 30.8. The highest BCUT2D eigenvalue weighted by Gasteiger charge is 2.20. The van der Waals surface area contributed by atoms with Crippen molar-refractivity contribution in [3.63, 3.8) is 0 Å². The molecule has 0 aromatic heterocycles. The van der Waals surface area contributed by atoms with Crippen LogP contribution >= 0.6 is 34.4 Å². The van der Waals surface area contributed by atoms with Gasteiger partial charge in [-0.2, -0.15) is 0 Å². The highest BCUT2D eigenvalue weighted by molar-refractivity contribution is 14.1. The molecule has 43 heavy (non-hydrogen) atoms. The van der Waals surface area contributed by atoms with Crippen molar-refractivity contribution in [2.45, 2.75) is 23.5 Å². The van der Waals surface area contributed by atoms with Crippen LogP contribution in [-0.2, 0) is 9.59 Å². The first-order chi connectivity index (χ1) is 20.7. The quantitative estimate of drug-likeness (QED) is 0.0764. The van der Waals surface area contributed by atoms with Crippen LogP contribution in [0.15, 0.2) is 108 Å². The van der Waals surface area contributed by atoms with Gasteiger partial charge < -0.3 is 25.8 Å². The van der Waals surface area contributed by atoms with Gasteiger partial charge in [-0.25, -0.2) is 0 Å². The molecule has 1 unspecified atom stereocenters. The Kier molecular flexibility index (Phi) is 11.2. The fourth-order valence-corrected chi connectivity index (χ4v) is 5.38. The van der Waals surface area contributed by atoms with E-state index in [-0.39, 0.29) is 22.6 Å². The van der Waals surface area contributed by atoms with Crippen molar-refractivity contribution < 1.29 is 24.2 Å². The Morgan fingerprint density at radius 3 is 2.35 bits per heavy atom. The predicted molar refractivity (Wildman–Crippen MR) is 179 cm³/mol. The number of anilines is 2. The van der Waals surface area contributed by atoms with Gasteiger partial charge in [0.05, 0.1) is 12.4 Å². The molecule has 4 rings (SSSR count). The maximum Gasteiger partial charge on any atom is 0.272 e. The van der Waals surface area contributed by atoms with E-state index in [0.717, 1.165) is 14.2 Å². The molecule has 0 aliphatic rings. The van der Waals surface area contributed by atoms with Crippen LogP contribution in [0, 0.1) is 3.57 Å². The van der Waals surface area contributed by atoms with Crippen LogP contribution in [0.3, 0.4) is 0 Å². The lowest BCUT2D eigenvalue weighted by atomic mass is 10.1. The molecule has 0 radical (unpaired) electrons. The molecule has 0 aliphatic carbocycles. The van der Waals surface area contributed by atoms with Gasteiger partial charge in [0, 0.05) is 37.0 Å². The van der Waals surface area contributed by atoms with Crippen LogP contribution in [0.4, 0.5) is 11.4 Å². The van der Waals surface area contributed by atoms with Gasteiger partial charge in [0.2, 0.25) is 5.91 Å². The topological polar surface area (TPSA) is 117 Å². The molecule has 220 valence electrons. The van der Waals surface area contributed by atoms with Crippen molar-refractivity contribution in [2.75, 3.05) is 17.7 Å². The molecule has 0 aliphatic heterocycles. The predicted octanol–water partition coefficient (Wildman–Crippen LogP) is 6.92. The summed E-state index contributed by atoms with van der Waals surface area (Å²) in [5.41, 5.74) is 2.05. The van der Waals surface area contributed by atoms with Crippen molar-refractivity contribution in [3.05, 3.63) is 117 Å². The number of ether oxygens (including phenoxy) is 1. The summed E-state index contributed by atoms with van der Waals surface area (Å²) in [6.45, 7) is 1.95. The number of phenols is 1. The standard InChI is InChI=1S/C33H30IN3O5S/c1-3-30(33(41)35-24-15-13-23(34)14-16-24)43-27-11-7-10-25(19-27)36-32(40)28(37-31(39)21-8-5-4-6-9-21)18-22-12-17-26(38)20-29(22)42-2/h4-20,30,38H,3H2,1-2H3,(H,35,41)(H,36,40)(H,37,39)/b28-18+. The summed E-state index contributed by atoms with van der Waals surface area (Å²) in [5, 5.41) is 18.0. The molecule has 0 saturated heterocycles. The highest BCUT2D eigenvalue weighted by Crippen LogP contribution is 2.29. The van der Waals surface area contributed by atoms with E-state index in [0.29, 0.717) is 29.0 Å². The third-order valence-corrected chi connectivity index (χ3v) is 8.27. The first-order valence-corrected chi connectivity index (χ1v) is 15.3. The van der Waals surface area contributed by atoms with Gasteiger partial charge in [0.15, 0.2) is 0 Å². The van der Waals surface area contributed by atoms with E-state index in [4.69, 9.17) is 4.74 Å². The molecule has 1 atom stereocenters. The van der Waals surface area contributed by atoms with Gasteiger partial charge in [-0.05, 0) is 102 Å². The van der Waals surface area contributed by atoms with Crippen LogP contribution in [0.25, 0.3) is 6.08 Å². The van der Waals surface area contributed by atoms with Crippen LogP contribution in [0.5, 0.6) is 11.5 Å². The van der Waals surface area contributed by atoms with Crippen molar-refractivity contribution in [2.24, 2.45) is 0 Å². The number of hydrogen-bond acceptors (Lipinski definition) is 6. The van der Waals surface area contributed by atoms with Gasteiger partial charge in [0.1, 0.15) is 17.2 Å². The molecule has 0 fully saturated rings. The number of aromatic hydroxyl groups is 1. The van der Waals surface area contributed by atoms with E-state index in [1.807, 2.05) is 37.3 Å². The maximum absolute atomic E-state index is 13.5. The second-order valence-corrected chi connectivity index (χ2v) is 11.8. The Balaban J connectivity index is 1.53. The van der Waals surface area contributed by atoms with Gasteiger partial charge >= 0.3 is 0 Å². The molecule has 0 heterocycles. The molecule has 4 N–H and O–H groups in total. The maximum atomic E-state index is 13.5. The lowest BCUT2D eigenvalue weighted by Gasteiger charge is -2.16. The minimum Gasteiger partial charge on any atom is -0.508 e. The number of nitrogens with one attached hydrogen (secondary N) is 3. The number of carbonyl (C=O) groups is 3. The normalized spacial score (nSPS) is 11.7. The summed E-state index contributed by atoms with van der Waals surface area (Å²) in [7, 11) is 1.45. The molecule has 0 spiro atoms. The Bertz CT molecular complexity index is 1630. The Hall–Kier alpha value is -4.29. The van der Waals surface area contributed by atoms with Crippen molar-refractivity contribution >= 4 is 69.5 Å². The monoisotopic (exact) mass is 707 g/mol. The lowest BCUT2D eigenvalue weighted by Crippen LogP contribution is -2.30. The molecule has 0 bridgehead atoms. The second-order valence-electron chi connectivity index (χ2n) is 9.30. The number of methoxy groups -OCH3 is 1. The van der Waals surface area contributed by atoms with Crippen LogP contribution in [0.1, 0.15) is 29.3 Å². The van der Waals surface area contributed by atoms with E-state index in [1.165, 1.54) is 37.1 Å². The van der Waals surface area contributed by atoms with E-state index in [1.54, 1.807) is 54.6 Å². The van der Waals surface area contributed by atoms with E-state index in [9.17, 15) is 19.5 Å². The van der Waals surface area contributed by atoms with Crippen LogP contribution in [-0.4, -0.2) is 35.2 Å². The minimum atomic E-state index is -0.565. The first kappa shape index (κ1) is 31.6. The number of benzene rings is 4. The molecule has 0 saturated carbocycles. The van der Waals surface area contributed by atoms with Gasteiger partial charge in [-0.1, -0.05) is 31.2 Å². The highest BCUT2D eigenvalue weighted by atomic mass is 127. The van der Waals surface area contributed by atoms with Crippen LogP contribution in [0.2, 0.25) is 0 Å². The Labute approximate surface area is 268 Å². The van der Waals surface area contributed by atoms with Gasteiger partial charge in [0.25, 0.3) is 11.8 Å². The Morgan fingerprint density at radius 2 is 1.65 bits per heavy atom. The smallest absolute Gasteiger partial charge is 0.272 e. The molecule has 3 amide bonds. The molecule has 8 nitrogen and oxygen atoms in total. The fourth-order valence-electron chi connectivity index (χ4n) is 4.01. The average molecular weight is 708 g/mol. The number of thioether (sulfide) groups is 1. The minimum absolute atomic E-state index is 0.000226. The van der Waals surface area contributed by atoms with Crippen molar-refractivity contribution in [3.8, 4) is 11.5 Å². The van der Waals surface area contributed by atoms with Crippen LogP contribution < -0.4 is 20.7 Å². The molecular weight excluding hydrogens is 677 g/mol. The third-order valence-electron chi connectivity index (χ3n) is 6.19. The summed E-state index contributed by atoms with van der Waals surface area (Å²) in [6, 6.07) is 27.8. The number of phenolic OH excluding ortho intramolecular Hbond substituents is 1. The number of hydrogen-bond donors (Lipinski definition) is 4. The summed E-state index contributed by atoms with van der Waals surface area (Å²) in [4.78, 5) is 40.3. The zero-order valence-electron chi connectivity index (χ0n) is 23.5. The summed E-state index contributed by atoms with van der Waals surface area (Å²) < 4.78 is 6.43. The number of amides is 3. The van der Waals surface area contributed by atoms with E-state index < -0.39 is 11.8 Å². The summed E-state index contributed by atoms with van der Waals surface area (Å²) >= 11 is 3.61. The summed E-state index contributed by atoms with van der Waals surface area (Å²) in [6.07, 6.45) is 2.08. The average Bonchev–Trinajstić information content (AvgIpc) is 3.01. The zero-order valence-corrected chi connectivity index (χ0v) is 26.4. The van der Waals surface area contributed by atoms with Gasteiger partial charge in [-0.3, -0.25) is 14.4 Å². The lowest BCUT2D eigenvalue weighted by molar-refractivity contribution is -0.116. The van der Waals surface area contributed by atoms with Gasteiger partial charge in [-0.15, -0.1) is 11.8 Å². The number of rotatable bonds is 11. The Morgan fingerprint density at radius 1 is 0.907 bits per heavy atom. The second kappa shape index (κ2) is 15.3. The summed E-state index contributed by atoms with van der Waals surface area (Å²) in [5.74, 6) is -0.814. The third kappa shape index (κ3) is 9.10. The van der Waals surface area contributed by atoms with E-state index >= 15 is 0 Å². The van der Waals surface area contributed by atoms with E-state index in [2.05, 4.69) is 38.5 Å². The van der Waals surface area contributed by atoms with Crippen molar-refractivity contribution in [1.29, 1.82) is 0 Å². The first-order valence-electron chi connectivity index (χ1n) is 13.3.